The molecule has 29 heavy (non-hydrogen) atoms. The molecule has 3 nitrogen and oxygen atoms in total. The second-order valence-electron chi connectivity index (χ2n) is 7.41. The number of hydrogen-bond acceptors (Lipinski definition) is 3. The zero-order valence-corrected chi connectivity index (χ0v) is 16.7. The summed E-state index contributed by atoms with van der Waals surface area (Å²) in [6.07, 6.45) is 2.23. The van der Waals surface area contributed by atoms with Gasteiger partial charge in [-0.2, -0.15) is 13.2 Å². The van der Waals surface area contributed by atoms with Gasteiger partial charge in [-0.25, -0.2) is 0 Å². The number of fused-ring (bicyclic) bond motifs is 1. The van der Waals surface area contributed by atoms with Gasteiger partial charge in [0.15, 0.2) is 0 Å². The molecule has 1 fully saturated rings. The van der Waals surface area contributed by atoms with E-state index in [9.17, 15) is 13.2 Å². The van der Waals surface area contributed by atoms with Crippen LogP contribution in [-0.4, -0.2) is 17.3 Å². The van der Waals surface area contributed by atoms with Crippen LogP contribution in [0.5, 0.6) is 5.75 Å². The van der Waals surface area contributed by atoms with Crippen LogP contribution in [0.15, 0.2) is 48.7 Å². The minimum absolute atomic E-state index is 0.403. The van der Waals surface area contributed by atoms with Gasteiger partial charge in [-0.15, -0.1) is 0 Å². The van der Waals surface area contributed by atoms with Crippen LogP contribution in [-0.2, 0) is 12.6 Å². The van der Waals surface area contributed by atoms with Gasteiger partial charge in [-0.05, 0) is 54.7 Å². The summed E-state index contributed by atoms with van der Waals surface area (Å²) in [6.45, 7) is 0.403. The second kappa shape index (κ2) is 8.61. The zero-order valence-electron chi connectivity index (χ0n) is 15.9. The van der Waals surface area contributed by atoms with E-state index in [0.29, 0.717) is 13.0 Å². The molecule has 1 aromatic heterocycles. The Bertz CT molecular complexity index is 949. The molecule has 0 aliphatic heterocycles. The van der Waals surface area contributed by atoms with Crippen molar-refractivity contribution >= 4 is 28.5 Å². The summed E-state index contributed by atoms with van der Waals surface area (Å²) >= 11 is 1.74. The molecule has 1 aliphatic carbocycles. The number of aromatic amines is 1. The third-order valence-electron chi connectivity index (χ3n) is 5.32. The largest absolute Gasteiger partial charge is 0.493 e. The van der Waals surface area contributed by atoms with E-state index < -0.39 is 11.7 Å². The van der Waals surface area contributed by atoms with Crippen LogP contribution >= 0.6 is 11.9 Å². The number of anilines is 1. The van der Waals surface area contributed by atoms with E-state index in [1.807, 2.05) is 24.4 Å². The Morgan fingerprint density at radius 3 is 2.59 bits per heavy atom. The van der Waals surface area contributed by atoms with E-state index in [2.05, 4.69) is 9.71 Å². The molecule has 1 saturated carbocycles. The van der Waals surface area contributed by atoms with E-state index in [1.54, 1.807) is 11.9 Å². The normalized spacial score (nSPS) is 14.7. The van der Waals surface area contributed by atoms with Crippen molar-refractivity contribution in [2.24, 2.45) is 5.92 Å². The van der Waals surface area contributed by atoms with Gasteiger partial charge in [-0.3, -0.25) is 0 Å². The Kier molecular flexibility index (Phi) is 5.94. The first kappa shape index (κ1) is 20.0. The van der Waals surface area contributed by atoms with Crippen molar-refractivity contribution in [1.82, 2.24) is 4.98 Å². The molecule has 2 aromatic carbocycles. The fraction of sp³-hybridized carbons (Fsp3) is 0.364. The quantitative estimate of drug-likeness (QED) is 0.400. The zero-order chi connectivity index (χ0) is 20.3. The van der Waals surface area contributed by atoms with E-state index >= 15 is 0 Å². The average Bonchev–Trinajstić information content (AvgIpc) is 3.06. The summed E-state index contributed by atoms with van der Waals surface area (Å²) in [5, 5.41) is 1.07. The van der Waals surface area contributed by atoms with Gasteiger partial charge in [0.25, 0.3) is 0 Å². The Morgan fingerprint density at radius 1 is 1.10 bits per heavy atom. The lowest BCUT2D eigenvalue weighted by Gasteiger charge is -2.24. The summed E-state index contributed by atoms with van der Waals surface area (Å²) in [6, 6.07) is 11.1. The van der Waals surface area contributed by atoms with Gasteiger partial charge in [0, 0.05) is 29.3 Å². The number of nitrogens with one attached hydrogen (secondary N) is 2. The predicted molar refractivity (Wildman–Crippen MR) is 112 cm³/mol. The van der Waals surface area contributed by atoms with Crippen molar-refractivity contribution in [2.45, 2.75) is 31.9 Å². The molecule has 4 rings (SSSR count). The highest BCUT2D eigenvalue weighted by Crippen LogP contribution is 2.33. The molecule has 3 aromatic rings. The molecule has 2 N–H and O–H groups in total. The number of benzene rings is 2. The summed E-state index contributed by atoms with van der Waals surface area (Å²) in [7, 11) is 0. The first-order chi connectivity index (χ1) is 14.0. The Balaban J connectivity index is 1.32. The molecule has 7 heteroatoms. The molecule has 1 heterocycles. The van der Waals surface area contributed by atoms with Crippen molar-refractivity contribution in [3.8, 4) is 5.75 Å². The van der Waals surface area contributed by atoms with Crippen molar-refractivity contribution in [3.05, 3.63) is 59.8 Å². The maximum Gasteiger partial charge on any atom is 0.416 e. The van der Waals surface area contributed by atoms with Crippen molar-refractivity contribution < 1.29 is 17.9 Å². The van der Waals surface area contributed by atoms with Crippen molar-refractivity contribution in [2.75, 3.05) is 17.1 Å². The lowest BCUT2D eigenvalue weighted by molar-refractivity contribution is -0.137. The summed E-state index contributed by atoms with van der Waals surface area (Å²) in [5.74, 6) is 2.70. The number of halogens is 3. The molecule has 1 aliphatic rings. The first-order valence-electron chi connectivity index (χ1n) is 9.77. The van der Waals surface area contributed by atoms with Gasteiger partial charge < -0.3 is 14.4 Å². The molecule has 154 valence electrons. The summed E-state index contributed by atoms with van der Waals surface area (Å²) in [5.41, 5.74) is 2.26. The van der Waals surface area contributed by atoms with Crippen molar-refractivity contribution in [1.29, 1.82) is 0 Å². The Hall–Kier alpha value is -2.28. The van der Waals surface area contributed by atoms with Crippen LogP contribution in [0, 0.1) is 5.92 Å². The molecular weight excluding hydrogens is 397 g/mol. The molecule has 0 bridgehead atoms. The number of hydrogen-bond donors (Lipinski definition) is 2. The molecule has 0 spiro atoms. The molecule has 0 unspecified atom stereocenters. The van der Waals surface area contributed by atoms with Crippen molar-refractivity contribution in [3.63, 3.8) is 0 Å². The number of ether oxygens (including phenoxy) is 1. The highest BCUT2D eigenvalue weighted by molar-refractivity contribution is 8.00. The smallest absolute Gasteiger partial charge is 0.416 e. The Labute approximate surface area is 172 Å². The third-order valence-corrected chi connectivity index (χ3v) is 6.32. The molecular formula is C22H23F3N2OS. The SMILES string of the molecule is FC(F)(F)c1ccc(CCOc2ccc3[nH]cc(NSCC4CCC4)c3c2)cc1. The highest BCUT2D eigenvalue weighted by atomic mass is 32.2. The van der Waals surface area contributed by atoms with Crippen LogP contribution in [0.3, 0.4) is 0 Å². The lowest BCUT2D eigenvalue weighted by atomic mass is 9.87. The number of alkyl halides is 3. The van der Waals surface area contributed by atoms with Gasteiger partial charge >= 0.3 is 6.18 Å². The summed E-state index contributed by atoms with van der Waals surface area (Å²) in [4.78, 5) is 3.26. The fourth-order valence-corrected chi connectivity index (χ4v) is 4.29. The topological polar surface area (TPSA) is 37.0 Å². The van der Waals surface area contributed by atoms with Gasteiger partial charge in [0.2, 0.25) is 0 Å². The monoisotopic (exact) mass is 420 g/mol. The number of H-pyrrole nitrogens is 1. The molecule has 0 saturated heterocycles. The predicted octanol–water partition coefficient (Wildman–Crippen LogP) is 6.67. The van der Waals surface area contributed by atoms with Crippen LogP contribution in [0.1, 0.15) is 30.4 Å². The fourth-order valence-electron chi connectivity index (χ4n) is 3.32. The molecule has 0 radical (unpaired) electrons. The van der Waals surface area contributed by atoms with E-state index in [-0.39, 0.29) is 0 Å². The first-order valence-corrected chi connectivity index (χ1v) is 10.8. The molecule has 0 atom stereocenters. The highest BCUT2D eigenvalue weighted by Gasteiger charge is 2.29. The average molecular weight is 421 g/mol. The lowest BCUT2D eigenvalue weighted by Crippen LogP contribution is -2.14. The van der Waals surface area contributed by atoms with E-state index in [4.69, 9.17) is 4.74 Å². The standard InChI is InChI=1S/C22H23F3N2OS/c23-22(24,25)17-6-4-15(5-7-17)10-11-28-18-8-9-20-19(12-18)21(13-26-20)27-29-14-16-2-1-3-16/h4-9,12-13,16,26-27H,1-3,10-11,14H2. The third kappa shape index (κ3) is 5.01. The number of aromatic nitrogens is 1. The van der Waals surface area contributed by atoms with Gasteiger partial charge in [0.05, 0.1) is 17.9 Å². The van der Waals surface area contributed by atoms with Crippen LogP contribution in [0.4, 0.5) is 18.9 Å². The van der Waals surface area contributed by atoms with Crippen LogP contribution < -0.4 is 9.46 Å². The molecule has 0 amide bonds. The minimum Gasteiger partial charge on any atom is -0.493 e. The van der Waals surface area contributed by atoms with Crippen LogP contribution in [0.2, 0.25) is 0 Å². The van der Waals surface area contributed by atoms with Gasteiger partial charge in [-0.1, -0.05) is 30.5 Å². The maximum absolute atomic E-state index is 12.6. The van der Waals surface area contributed by atoms with E-state index in [0.717, 1.165) is 51.7 Å². The minimum atomic E-state index is -4.30. The maximum atomic E-state index is 12.6. The van der Waals surface area contributed by atoms with Crippen LogP contribution in [0.25, 0.3) is 10.9 Å². The number of rotatable bonds is 8. The summed E-state index contributed by atoms with van der Waals surface area (Å²) < 4.78 is 47.2. The Morgan fingerprint density at radius 2 is 1.90 bits per heavy atom. The van der Waals surface area contributed by atoms with E-state index in [1.165, 1.54) is 31.4 Å². The van der Waals surface area contributed by atoms with Gasteiger partial charge in [0.1, 0.15) is 5.75 Å². The second-order valence-corrected chi connectivity index (χ2v) is 8.24.